The van der Waals surface area contributed by atoms with Crippen LogP contribution in [0.3, 0.4) is 0 Å². The molecule has 0 saturated carbocycles. The molecule has 0 unspecified atom stereocenters. The smallest absolute Gasteiger partial charge is 0.00890 e. The monoisotopic (exact) mass is 310 g/mol. The van der Waals surface area contributed by atoms with Crippen molar-refractivity contribution >= 4 is 5.57 Å². The van der Waals surface area contributed by atoms with Gasteiger partial charge in [-0.3, -0.25) is 0 Å². The molecule has 0 aromatic heterocycles. The van der Waals surface area contributed by atoms with E-state index in [2.05, 4.69) is 52.8 Å². The van der Waals surface area contributed by atoms with Gasteiger partial charge < -0.3 is 0 Å². The van der Waals surface area contributed by atoms with Crippen molar-refractivity contribution in [2.45, 2.75) is 86.0 Å². The standard InChI is InChI=1S/C23H34/c1-6-8-10-20-15-17(3)12-13-22(20)23-16-18(4)14-19(5)21(23)11-9-7-2/h12,14,16H,6-11,13,15H2,1-5H3. The average molecular weight is 311 g/mol. The summed E-state index contributed by atoms with van der Waals surface area (Å²) in [6.45, 7) is 11.4. The predicted octanol–water partition coefficient (Wildman–Crippen LogP) is 7.33. The normalized spacial score (nSPS) is 15.1. The van der Waals surface area contributed by atoms with Crippen LogP contribution in [0.4, 0.5) is 0 Å². The molecule has 0 atom stereocenters. The van der Waals surface area contributed by atoms with Gasteiger partial charge in [0.25, 0.3) is 0 Å². The van der Waals surface area contributed by atoms with Gasteiger partial charge in [-0.15, -0.1) is 0 Å². The minimum atomic E-state index is 1.13. The summed E-state index contributed by atoms with van der Waals surface area (Å²) in [5.74, 6) is 0. The maximum absolute atomic E-state index is 2.45. The van der Waals surface area contributed by atoms with Crippen molar-refractivity contribution < 1.29 is 0 Å². The predicted molar refractivity (Wildman–Crippen MR) is 104 cm³/mol. The molecule has 1 aliphatic rings. The zero-order valence-corrected chi connectivity index (χ0v) is 15.9. The van der Waals surface area contributed by atoms with Gasteiger partial charge in [0, 0.05) is 0 Å². The van der Waals surface area contributed by atoms with E-state index in [0.29, 0.717) is 0 Å². The maximum Gasteiger partial charge on any atom is -0.00890 e. The van der Waals surface area contributed by atoms with Crippen molar-refractivity contribution in [3.63, 3.8) is 0 Å². The van der Waals surface area contributed by atoms with E-state index in [0.717, 1.165) is 6.42 Å². The molecule has 2 rings (SSSR count). The van der Waals surface area contributed by atoms with Gasteiger partial charge in [-0.25, -0.2) is 0 Å². The quantitative estimate of drug-likeness (QED) is 0.462. The minimum Gasteiger partial charge on any atom is -0.0809 e. The molecule has 0 bridgehead atoms. The highest BCUT2D eigenvalue weighted by molar-refractivity contribution is 5.75. The highest BCUT2D eigenvalue weighted by Gasteiger charge is 2.17. The van der Waals surface area contributed by atoms with E-state index >= 15 is 0 Å². The SMILES string of the molecule is CCCCC1=C(c2cc(C)cc(C)c2CCCC)CC=C(C)C1. The Morgan fingerprint density at radius 2 is 1.61 bits per heavy atom. The molecule has 0 spiro atoms. The van der Waals surface area contributed by atoms with Crippen LogP contribution in [0.2, 0.25) is 0 Å². The Labute approximate surface area is 143 Å². The highest BCUT2D eigenvalue weighted by atomic mass is 14.2. The Morgan fingerprint density at radius 1 is 0.913 bits per heavy atom. The zero-order valence-electron chi connectivity index (χ0n) is 15.9. The van der Waals surface area contributed by atoms with Crippen LogP contribution >= 0.6 is 0 Å². The van der Waals surface area contributed by atoms with E-state index in [4.69, 9.17) is 0 Å². The van der Waals surface area contributed by atoms with Crippen LogP contribution in [-0.2, 0) is 6.42 Å². The fourth-order valence-electron chi connectivity index (χ4n) is 3.82. The second kappa shape index (κ2) is 8.52. The summed E-state index contributed by atoms with van der Waals surface area (Å²) >= 11 is 0. The fraction of sp³-hybridized carbons (Fsp3) is 0.565. The van der Waals surface area contributed by atoms with Crippen molar-refractivity contribution in [2.75, 3.05) is 0 Å². The molecule has 1 aliphatic carbocycles. The first kappa shape index (κ1) is 18.0. The van der Waals surface area contributed by atoms with E-state index in [-0.39, 0.29) is 0 Å². The van der Waals surface area contributed by atoms with Gasteiger partial charge in [-0.1, -0.05) is 61.6 Å². The van der Waals surface area contributed by atoms with Crippen LogP contribution in [-0.4, -0.2) is 0 Å². The van der Waals surface area contributed by atoms with Crippen LogP contribution in [0.5, 0.6) is 0 Å². The lowest BCUT2D eigenvalue weighted by atomic mass is 9.81. The van der Waals surface area contributed by atoms with Gasteiger partial charge in [-0.2, -0.15) is 0 Å². The summed E-state index contributed by atoms with van der Waals surface area (Å²) < 4.78 is 0. The van der Waals surface area contributed by atoms with Crippen molar-refractivity contribution in [3.05, 3.63) is 51.6 Å². The molecule has 23 heavy (non-hydrogen) atoms. The first-order chi connectivity index (χ1) is 11.1. The van der Waals surface area contributed by atoms with Crippen LogP contribution < -0.4 is 0 Å². The highest BCUT2D eigenvalue weighted by Crippen LogP contribution is 2.37. The van der Waals surface area contributed by atoms with Gasteiger partial charge in [0.05, 0.1) is 0 Å². The van der Waals surface area contributed by atoms with Crippen molar-refractivity contribution in [1.29, 1.82) is 0 Å². The molecule has 126 valence electrons. The molecule has 0 aliphatic heterocycles. The molecule has 1 aromatic carbocycles. The molecular weight excluding hydrogens is 276 g/mol. The number of rotatable bonds is 7. The maximum atomic E-state index is 2.45. The molecule has 0 heteroatoms. The average Bonchev–Trinajstić information content (AvgIpc) is 2.51. The summed E-state index contributed by atoms with van der Waals surface area (Å²) in [6, 6.07) is 4.82. The Morgan fingerprint density at radius 3 is 2.30 bits per heavy atom. The lowest BCUT2D eigenvalue weighted by Crippen LogP contribution is -2.04. The Hall–Kier alpha value is -1.30. The van der Waals surface area contributed by atoms with Gasteiger partial charge >= 0.3 is 0 Å². The zero-order chi connectivity index (χ0) is 16.8. The lowest BCUT2D eigenvalue weighted by Gasteiger charge is -2.24. The summed E-state index contributed by atoms with van der Waals surface area (Å²) in [6.07, 6.45) is 12.4. The number of unbranched alkanes of at least 4 members (excludes halogenated alkanes) is 2. The third-order valence-electron chi connectivity index (χ3n) is 5.13. The van der Waals surface area contributed by atoms with Gasteiger partial charge in [0.2, 0.25) is 0 Å². The van der Waals surface area contributed by atoms with Crippen molar-refractivity contribution in [1.82, 2.24) is 0 Å². The second-order valence-electron chi connectivity index (χ2n) is 7.33. The summed E-state index contributed by atoms with van der Waals surface area (Å²) in [4.78, 5) is 0. The summed E-state index contributed by atoms with van der Waals surface area (Å²) in [5.41, 5.74) is 11.0. The largest absolute Gasteiger partial charge is 0.0809 e. The summed E-state index contributed by atoms with van der Waals surface area (Å²) in [5, 5.41) is 0. The van der Waals surface area contributed by atoms with E-state index in [1.807, 2.05) is 0 Å². The lowest BCUT2D eigenvalue weighted by molar-refractivity contribution is 0.763. The third-order valence-corrected chi connectivity index (χ3v) is 5.13. The first-order valence-corrected chi connectivity index (χ1v) is 9.53. The molecule has 1 aromatic rings. The topological polar surface area (TPSA) is 0 Å². The molecule has 0 amide bonds. The van der Waals surface area contributed by atoms with Gasteiger partial charge in [0.1, 0.15) is 0 Å². The number of aryl methyl sites for hydroxylation is 2. The molecule has 0 fully saturated rings. The fourth-order valence-corrected chi connectivity index (χ4v) is 3.82. The van der Waals surface area contributed by atoms with E-state index in [9.17, 15) is 0 Å². The molecule has 0 heterocycles. The third kappa shape index (κ3) is 4.59. The van der Waals surface area contributed by atoms with Crippen LogP contribution in [0.25, 0.3) is 5.57 Å². The summed E-state index contributed by atoms with van der Waals surface area (Å²) in [7, 11) is 0. The Bertz CT molecular complexity index is 599. The molecule has 0 saturated heterocycles. The molecular formula is C23H34. The van der Waals surface area contributed by atoms with E-state index in [1.54, 1.807) is 27.8 Å². The first-order valence-electron chi connectivity index (χ1n) is 9.53. The van der Waals surface area contributed by atoms with Crippen molar-refractivity contribution in [3.8, 4) is 0 Å². The number of benzene rings is 1. The molecule has 0 N–H and O–H groups in total. The number of hydrogen-bond donors (Lipinski definition) is 0. The van der Waals surface area contributed by atoms with Crippen LogP contribution in [0.15, 0.2) is 29.4 Å². The second-order valence-corrected chi connectivity index (χ2v) is 7.33. The molecule has 0 radical (unpaired) electrons. The number of hydrogen-bond acceptors (Lipinski definition) is 0. The minimum absolute atomic E-state index is 1.13. The Balaban J connectivity index is 2.47. The van der Waals surface area contributed by atoms with E-state index in [1.165, 1.54) is 56.1 Å². The van der Waals surface area contributed by atoms with Gasteiger partial charge in [0.15, 0.2) is 0 Å². The molecule has 0 nitrogen and oxygen atoms in total. The number of allylic oxidation sites excluding steroid dienone is 4. The van der Waals surface area contributed by atoms with E-state index < -0.39 is 0 Å². The van der Waals surface area contributed by atoms with Crippen molar-refractivity contribution in [2.24, 2.45) is 0 Å². The van der Waals surface area contributed by atoms with Crippen LogP contribution in [0, 0.1) is 13.8 Å². The van der Waals surface area contributed by atoms with Crippen LogP contribution in [0.1, 0.15) is 88.0 Å². The van der Waals surface area contributed by atoms with Gasteiger partial charge in [-0.05, 0) is 81.6 Å². The Kier molecular flexibility index (Phi) is 6.69.